The molecule has 3 nitrogen and oxygen atoms in total. The molecule has 18 heavy (non-hydrogen) atoms. The minimum atomic E-state index is -0.498. The molecule has 1 N–H and O–H groups in total. The van der Waals surface area contributed by atoms with E-state index in [9.17, 15) is 5.11 Å². The topological polar surface area (TPSA) is 38.7 Å². The Morgan fingerprint density at radius 3 is 2.17 bits per heavy atom. The van der Waals surface area contributed by atoms with Crippen molar-refractivity contribution in [3.8, 4) is 5.75 Å². The van der Waals surface area contributed by atoms with Crippen molar-refractivity contribution in [3.05, 3.63) is 21.6 Å². The molecule has 0 amide bonds. The molecular weight excluding hydrogens is 318 g/mol. The van der Waals surface area contributed by atoms with Crippen LogP contribution >= 0.6 is 27.5 Å². The Bertz CT molecular complexity index is 474. The van der Waals surface area contributed by atoms with Crippen molar-refractivity contribution in [1.82, 2.24) is 0 Å². The van der Waals surface area contributed by atoms with E-state index in [1.165, 1.54) is 6.07 Å². The van der Waals surface area contributed by atoms with Gasteiger partial charge in [0.15, 0.2) is 0 Å². The second-order valence-electron chi connectivity index (χ2n) is 5.39. The summed E-state index contributed by atoms with van der Waals surface area (Å²) in [6.07, 6.45) is 0. The lowest BCUT2D eigenvalue weighted by atomic mass is 9.79. The zero-order chi connectivity index (χ0) is 13.7. The number of phenolic OH excluding ortho intramolecular Hbond substituents is 1. The Kier molecular flexibility index (Phi) is 3.47. The SMILES string of the molecule is CC1(C)OB(c2ccc(O)c(Cl)c2Br)OC1(C)C. The third kappa shape index (κ3) is 2.18. The summed E-state index contributed by atoms with van der Waals surface area (Å²) in [6.45, 7) is 7.96. The van der Waals surface area contributed by atoms with Crippen molar-refractivity contribution in [2.24, 2.45) is 0 Å². The summed E-state index contributed by atoms with van der Waals surface area (Å²) >= 11 is 9.36. The first kappa shape index (κ1) is 14.2. The molecule has 0 radical (unpaired) electrons. The summed E-state index contributed by atoms with van der Waals surface area (Å²) in [5.41, 5.74) is -0.0282. The molecular formula is C12H15BBrClO3. The van der Waals surface area contributed by atoms with E-state index in [1.54, 1.807) is 6.07 Å². The van der Waals surface area contributed by atoms with Gasteiger partial charge in [-0.3, -0.25) is 0 Å². The molecule has 1 saturated heterocycles. The molecule has 0 atom stereocenters. The maximum Gasteiger partial charge on any atom is 0.496 e. The van der Waals surface area contributed by atoms with Crippen molar-refractivity contribution in [2.75, 3.05) is 0 Å². The molecule has 98 valence electrons. The van der Waals surface area contributed by atoms with Gasteiger partial charge in [0.1, 0.15) is 5.75 Å². The van der Waals surface area contributed by atoms with E-state index >= 15 is 0 Å². The Hall–Kier alpha value is -0.225. The lowest BCUT2D eigenvalue weighted by molar-refractivity contribution is 0.00578. The average Bonchev–Trinajstić information content (AvgIpc) is 2.45. The van der Waals surface area contributed by atoms with E-state index < -0.39 is 18.3 Å². The van der Waals surface area contributed by atoms with Gasteiger partial charge in [-0.2, -0.15) is 0 Å². The highest BCUT2D eigenvalue weighted by molar-refractivity contribution is 9.10. The molecule has 0 saturated carbocycles. The van der Waals surface area contributed by atoms with Gasteiger partial charge in [0.2, 0.25) is 0 Å². The summed E-state index contributed by atoms with van der Waals surface area (Å²) < 4.78 is 12.5. The summed E-state index contributed by atoms with van der Waals surface area (Å²) in [5.74, 6) is 0.0313. The van der Waals surface area contributed by atoms with Crippen LogP contribution in [-0.4, -0.2) is 23.4 Å². The predicted octanol–water partition coefficient (Wildman–Crippen LogP) is 3.11. The summed E-state index contributed by atoms with van der Waals surface area (Å²) in [7, 11) is -0.498. The molecule has 0 bridgehead atoms. The molecule has 0 unspecified atom stereocenters. The first-order valence-corrected chi connectivity index (χ1v) is 6.85. The average molecular weight is 333 g/mol. The van der Waals surface area contributed by atoms with Gasteiger partial charge in [0.25, 0.3) is 0 Å². The van der Waals surface area contributed by atoms with Gasteiger partial charge in [0, 0.05) is 4.47 Å². The third-order valence-corrected chi connectivity index (χ3v) is 5.06. The van der Waals surface area contributed by atoms with Crippen LogP contribution in [0.1, 0.15) is 27.7 Å². The van der Waals surface area contributed by atoms with Crippen LogP contribution in [0.5, 0.6) is 5.75 Å². The highest BCUT2D eigenvalue weighted by atomic mass is 79.9. The Labute approximate surface area is 121 Å². The summed E-state index contributed by atoms with van der Waals surface area (Å²) in [6, 6.07) is 3.28. The minimum Gasteiger partial charge on any atom is -0.506 e. The van der Waals surface area contributed by atoms with Crippen LogP contribution in [0.2, 0.25) is 5.02 Å². The Morgan fingerprint density at radius 1 is 1.17 bits per heavy atom. The number of aromatic hydroxyl groups is 1. The maximum atomic E-state index is 9.53. The van der Waals surface area contributed by atoms with Gasteiger partial charge >= 0.3 is 7.12 Å². The molecule has 2 rings (SSSR count). The second kappa shape index (κ2) is 4.41. The smallest absolute Gasteiger partial charge is 0.496 e. The number of phenols is 1. The van der Waals surface area contributed by atoms with Crippen LogP contribution in [0.3, 0.4) is 0 Å². The van der Waals surface area contributed by atoms with Crippen LogP contribution in [-0.2, 0) is 9.31 Å². The molecule has 1 aromatic carbocycles. The largest absolute Gasteiger partial charge is 0.506 e. The molecule has 1 aliphatic heterocycles. The van der Waals surface area contributed by atoms with Crippen molar-refractivity contribution >= 4 is 40.1 Å². The minimum absolute atomic E-state index is 0.0313. The quantitative estimate of drug-likeness (QED) is 0.803. The molecule has 0 spiro atoms. The van der Waals surface area contributed by atoms with Crippen molar-refractivity contribution < 1.29 is 14.4 Å². The van der Waals surface area contributed by atoms with E-state index in [1.807, 2.05) is 27.7 Å². The van der Waals surface area contributed by atoms with Gasteiger partial charge < -0.3 is 14.4 Å². The number of hydrogen-bond acceptors (Lipinski definition) is 3. The predicted molar refractivity (Wildman–Crippen MR) is 76.5 cm³/mol. The standard InChI is InChI=1S/C12H15BBrClO3/c1-11(2)12(3,4)18-13(17-11)7-5-6-8(16)10(15)9(7)14/h5-6,16H,1-4H3. The molecule has 0 aromatic heterocycles. The maximum absolute atomic E-state index is 9.53. The molecule has 0 aliphatic carbocycles. The number of halogens is 2. The summed E-state index contributed by atoms with van der Waals surface area (Å²) in [4.78, 5) is 0. The number of benzene rings is 1. The van der Waals surface area contributed by atoms with Gasteiger partial charge in [-0.25, -0.2) is 0 Å². The van der Waals surface area contributed by atoms with E-state index in [0.717, 1.165) is 5.46 Å². The monoisotopic (exact) mass is 332 g/mol. The van der Waals surface area contributed by atoms with Gasteiger partial charge in [-0.05, 0) is 55.2 Å². The van der Waals surface area contributed by atoms with Crippen LogP contribution in [0.25, 0.3) is 0 Å². The second-order valence-corrected chi connectivity index (χ2v) is 6.56. The first-order valence-electron chi connectivity index (χ1n) is 5.68. The fourth-order valence-corrected chi connectivity index (χ4v) is 2.40. The Balaban J connectivity index is 2.39. The van der Waals surface area contributed by atoms with Gasteiger partial charge in [0.05, 0.1) is 16.2 Å². The van der Waals surface area contributed by atoms with E-state index in [0.29, 0.717) is 4.47 Å². The highest BCUT2D eigenvalue weighted by Crippen LogP contribution is 2.38. The lowest BCUT2D eigenvalue weighted by Crippen LogP contribution is -2.41. The fraction of sp³-hybridized carbons (Fsp3) is 0.500. The van der Waals surface area contributed by atoms with E-state index in [2.05, 4.69) is 15.9 Å². The zero-order valence-corrected chi connectivity index (χ0v) is 13.1. The normalized spacial score (nSPS) is 21.3. The van der Waals surface area contributed by atoms with Crippen LogP contribution < -0.4 is 5.46 Å². The van der Waals surface area contributed by atoms with Crippen LogP contribution in [0.4, 0.5) is 0 Å². The van der Waals surface area contributed by atoms with Crippen molar-refractivity contribution in [1.29, 1.82) is 0 Å². The van der Waals surface area contributed by atoms with E-state index in [-0.39, 0.29) is 10.8 Å². The van der Waals surface area contributed by atoms with Crippen LogP contribution in [0, 0.1) is 0 Å². The molecule has 6 heteroatoms. The molecule has 1 heterocycles. The Morgan fingerprint density at radius 2 is 1.67 bits per heavy atom. The first-order chi connectivity index (χ1) is 8.16. The number of rotatable bonds is 1. The molecule has 1 aromatic rings. The number of hydrogen-bond donors (Lipinski definition) is 1. The van der Waals surface area contributed by atoms with Crippen molar-refractivity contribution in [3.63, 3.8) is 0 Å². The molecule has 1 aliphatic rings. The van der Waals surface area contributed by atoms with Gasteiger partial charge in [-0.15, -0.1) is 0 Å². The zero-order valence-electron chi connectivity index (χ0n) is 10.8. The highest BCUT2D eigenvalue weighted by Gasteiger charge is 2.52. The fourth-order valence-electron chi connectivity index (χ4n) is 1.71. The molecule has 1 fully saturated rings. The van der Waals surface area contributed by atoms with E-state index in [4.69, 9.17) is 20.9 Å². The lowest BCUT2D eigenvalue weighted by Gasteiger charge is -2.32. The van der Waals surface area contributed by atoms with Gasteiger partial charge in [-0.1, -0.05) is 17.7 Å². The van der Waals surface area contributed by atoms with Crippen molar-refractivity contribution in [2.45, 2.75) is 38.9 Å². The summed E-state index contributed by atoms with van der Waals surface area (Å²) in [5, 5.41) is 9.80. The van der Waals surface area contributed by atoms with Crippen LogP contribution in [0.15, 0.2) is 16.6 Å². The third-order valence-electron chi connectivity index (χ3n) is 3.60.